The number of methoxy groups -OCH3 is 2. The summed E-state index contributed by atoms with van der Waals surface area (Å²) in [4.78, 5) is 14.6. The van der Waals surface area contributed by atoms with Gasteiger partial charge in [0.05, 0.1) is 26.4 Å². The number of hydrogen-bond acceptors (Lipinski definition) is 4. The molecule has 0 bridgehead atoms. The number of nitrogens with one attached hydrogen (secondary N) is 1. The molecule has 1 aliphatic rings. The first kappa shape index (κ1) is 20.0. The van der Waals surface area contributed by atoms with Gasteiger partial charge in [-0.1, -0.05) is 30.3 Å². The molecule has 150 valence electrons. The molecule has 6 nitrogen and oxygen atoms in total. The Kier molecular flexibility index (Phi) is 6.41. The highest BCUT2D eigenvalue weighted by atomic mass is 16.5. The molecule has 0 saturated heterocycles. The van der Waals surface area contributed by atoms with Crippen molar-refractivity contribution in [1.82, 2.24) is 10.2 Å². The number of carbonyl (C=O) groups excluding carboxylic acids is 1. The van der Waals surface area contributed by atoms with Gasteiger partial charge in [-0.15, -0.1) is 0 Å². The molecule has 0 spiro atoms. The van der Waals surface area contributed by atoms with E-state index in [1.165, 1.54) is 0 Å². The molecule has 1 aliphatic carbocycles. The van der Waals surface area contributed by atoms with Crippen LogP contribution in [-0.4, -0.2) is 48.9 Å². The van der Waals surface area contributed by atoms with Crippen LogP contribution >= 0.6 is 0 Å². The summed E-state index contributed by atoms with van der Waals surface area (Å²) in [6.07, 6.45) is 0.214. The molecular formula is C22H28N2O4. The number of fused-ring (bicyclic) bond motifs is 1. The van der Waals surface area contributed by atoms with Crippen molar-refractivity contribution in [2.45, 2.75) is 38.5 Å². The Morgan fingerprint density at radius 2 is 1.68 bits per heavy atom. The summed E-state index contributed by atoms with van der Waals surface area (Å²) in [7, 11) is 3.25. The highest BCUT2D eigenvalue weighted by Crippen LogP contribution is 2.37. The van der Waals surface area contributed by atoms with E-state index in [-0.39, 0.29) is 12.1 Å². The lowest BCUT2D eigenvalue weighted by molar-refractivity contribution is 0.0549. The second kappa shape index (κ2) is 8.97. The standard InChI is InChI=1S/C22H28N2O4/c1-4-23-22(26)24(14-15-8-6-5-7-9-15)18-12-16-17(13-19(18)25)21(28-3)11-10-20(16)27-2/h5-11,18-19,25H,4,12-14H2,1-3H3,(H,23,26). The maximum Gasteiger partial charge on any atom is 0.318 e. The fraction of sp³-hybridized carbons (Fsp3) is 0.409. The van der Waals surface area contributed by atoms with E-state index in [1.54, 1.807) is 19.1 Å². The highest BCUT2D eigenvalue weighted by molar-refractivity contribution is 5.75. The van der Waals surface area contributed by atoms with Gasteiger partial charge in [-0.25, -0.2) is 4.79 Å². The molecule has 2 N–H and O–H groups in total. The van der Waals surface area contributed by atoms with Gasteiger partial charge in [-0.3, -0.25) is 0 Å². The zero-order valence-electron chi connectivity index (χ0n) is 16.6. The van der Waals surface area contributed by atoms with Crippen LogP contribution in [0.25, 0.3) is 0 Å². The van der Waals surface area contributed by atoms with Gasteiger partial charge in [0.1, 0.15) is 11.5 Å². The van der Waals surface area contributed by atoms with Crippen molar-refractivity contribution < 1.29 is 19.4 Å². The molecule has 2 unspecified atom stereocenters. The normalized spacial score (nSPS) is 18.1. The number of benzene rings is 2. The summed E-state index contributed by atoms with van der Waals surface area (Å²) in [6.45, 7) is 2.84. The number of rotatable bonds is 6. The predicted molar refractivity (Wildman–Crippen MR) is 108 cm³/mol. The Bertz CT molecular complexity index is 810. The maximum absolute atomic E-state index is 12.8. The van der Waals surface area contributed by atoms with E-state index in [4.69, 9.17) is 9.47 Å². The Balaban J connectivity index is 1.96. The molecule has 2 aromatic carbocycles. The fourth-order valence-electron chi connectivity index (χ4n) is 3.86. The van der Waals surface area contributed by atoms with E-state index in [0.29, 0.717) is 25.9 Å². The van der Waals surface area contributed by atoms with Crippen molar-refractivity contribution in [2.75, 3.05) is 20.8 Å². The minimum atomic E-state index is -0.695. The molecule has 0 aliphatic heterocycles. The highest BCUT2D eigenvalue weighted by Gasteiger charge is 2.36. The van der Waals surface area contributed by atoms with Crippen LogP contribution in [0.3, 0.4) is 0 Å². The molecule has 2 aromatic rings. The smallest absolute Gasteiger partial charge is 0.318 e. The molecular weight excluding hydrogens is 356 g/mol. The van der Waals surface area contributed by atoms with E-state index < -0.39 is 6.10 Å². The van der Waals surface area contributed by atoms with E-state index in [0.717, 1.165) is 28.2 Å². The van der Waals surface area contributed by atoms with Gasteiger partial charge in [-0.05, 0) is 31.0 Å². The lowest BCUT2D eigenvalue weighted by atomic mass is 9.84. The van der Waals surface area contributed by atoms with Crippen LogP contribution in [0, 0.1) is 0 Å². The number of carbonyl (C=O) groups is 1. The average Bonchev–Trinajstić information content (AvgIpc) is 2.72. The summed E-state index contributed by atoms with van der Waals surface area (Å²) >= 11 is 0. The molecule has 0 aromatic heterocycles. The van der Waals surface area contributed by atoms with E-state index >= 15 is 0 Å². The summed E-state index contributed by atoms with van der Waals surface area (Å²) in [6, 6.07) is 13.0. The third-order valence-electron chi connectivity index (χ3n) is 5.24. The first-order valence-electron chi connectivity index (χ1n) is 9.58. The average molecular weight is 384 g/mol. The second-order valence-corrected chi connectivity index (χ2v) is 6.92. The van der Waals surface area contributed by atoms with Gasteiger partial charge in [0, 0.05) is 30.6 Å². The minimum Gasteiger partial charge on any atom is -0.496 e. The SMILES string of the molecule is CCNC(=O)N(Cc1ccccc1)C1Cc2c(OC)ccc(OC)c2CC1O. The van der Waals surface area contributed by atoms with Crippen LogP contribution in [0.2, 0.25) is 0 Å². The predicted octanol–water partition coefficient (Wildman–Crippen LogP) is 2.76. The number of hydrogen-bond donors (Lipinski definition) is 2. The second-order valence-electron chi connectivity index (χ2n) is 6.92. The quantitative estimate of drug-likeness (QED) is 0.803. The van der Waals surface area contributed by atoms with Gasteiger partial charge < -0.3 is 24.8 Å². The van der Waals surface area contributed by atoms with Crippen LogP contribution in [0.4, 0.5) is 4.79 Å². The minimum absolute atomic E-state index is 0.180. The van der Waals surface area contributed by atoms with Crippen LogP contribution in [-0.2, 0) is 19.4 Å². The van der Waals surface area contributed by atoms with E-state index in [1.807, 2.05) is 49.4 Å². The van der Waals surface area contributed by atoms with Gasteiger partial charge in [0.15, 0.2) is 0 Å². The molecule has 0 heterocycles. The van der Waals surface area contributed by atoms with E-state index in [9.17, 15) is 9.90 Å². The third-order valence-corrected chi connectivity index (χ3v) is 5.24. The van der Waals surface area contributed by atoms with Crippen LogP contribution in [0.5, 0.6) is 11.5 Å². The molecule has 28 heavy (non-hydrogen) atoms. The van der Waals surface area contributed by atoms with E-state index in [2.05, 4.69) is 5.32 Å². The number of ether oxygens (including phenoxy) is 2. The van der Waals surface area contributed by atoms with Crippen LogP contribution in [0.1, 0.15) is 23.6 Å². The van der Waals surface area contributed by atoms with Crippen molar-refractivity contribution in [2.24, 2.45) is 0 Å². The molecule has 0 fully saturated rings. The summed E-state index contributed by atoms with van der Waals surface area (Å²) < 4.78 is 11.0. The monoisotopic (exact) mass is 384 g/mol. The number of nitrogens with zero attached hydrogens (tertiary/aromatic N) is 1. The zero-order valence-corrected chi connectivity index (χ0v) is 16.6. The third kappa shape index (κ3) is 4.07. The number of aliphatic hydroxyl groups excluding tert-OH is 1. The summed E-state index contributed by atoms with van der Waals surface area (Å²) in [5.74, 6) is 1.49. The van der Waals surface area contributed by atoms with Crippen molar-refractivity contribution >= 4 is 6.03 Å². The molecule has 0 radical (unpaired) electrons. The Morgan fingerprint density at radius 1 is 1.07 bits per heavy atom. The number of aliphatic hydroxyl groups is 1. The number of amides is 2. The van der Waals surface area contributed by atoms with Gasteiger partial charge in [0.25, 0.3) is 0 Å². The summed E-state index contributed by atoms with van der Waals surface area (Å²) in [5, 5.41) is 13.8. The lowest BCUT2D eigenvalue weighted by Crippen LogP contribution is -2.53. The molecule has 0 saturated carbocycles. The van der Waals surface area contributed by atoms with Gasteiger partial charge in [-0.2, -0.15) is 0 Å². The molecule has 6 heteroatoms. The fourth-order valence-corrected chi connectivity index (χ4v) is 3.86. The molecule has 2 amide bonds. The van der Waals surface area contributed by atoms with Crippen LogP contribution in [0.15, 0.2) is 42.5 Å². The lowest BCUT2D eigenvalue weighted by Gasteiger charge is -2.39. The van der Waals surface area contributed by atoms with Crippen molar-refractivity contribution in [1.29, 1.82) is 0 Å². The van der Waals surface area contributed by atoms with Crippen molar-refractivity contribution in [3.05, 3.63) is 59.2 Å². The van der Waals surface area contributed by atoms with Crippen LogP contribution < -0.4 is 14.8 Å². The maximum atomic E-state index is 12.8. The largest absolute Gasteiger partial charge is 0.496 e. The first-order valence-corrected chi connectivity index (χ1v) is 9.58. The van der Waals surface area contributed by atoms with Crippen molar-refractivity contribution in [3.63, 3.8) is 0 Å². The summed E-state index contributed by atoms with van der Waals surface area (Å²) in [5.41, 5.74) is 2.95. The molecule has 2 atom stereocenters. The Labute approximate surface area is 166 Å². The Morgan fingerprint density at radius 3 is 2.25 bits per heavy atom. The molecule has 3 rings (SSSR count). The zero-order chi connectivity index (χ0) is 20.1. The van der Waals surface area contributed by atoms with Gasteiger partial charge >= 0.3 is 6.03 Å². The number of urea groups is 1. The van der Waals surface area contributed by atoms with Gasteiger partial charge in [0.2, 0.25) is 0 Å². The topological polar surface area (TPSA) is 71.0 Å². The van der Waals surface area contributed by atoms with Crippen molar-refractivity contribution in [3.8, 4) is 11.5 Å². The first-order chi connectivity index (χ1) is 13.6. The Hall–Kier alpha value is -2.73.